The van der Waals surface area contributed by atoms with Crippen molar-refractivity contribution in [1.29, 1.82) is 0 Å². The normalized spacial score (nSPS) is 15.9. The zero-order valence-corrected chi connectivity index (χ0v) is 10.8. The molecule has 0 fully saturated rings. The van der Waals surface area contributed by atoms with Crippen LogP contribution in [0.4, 0.5) is 0 Å². The van der Waals surface area contributed by atoms with Gasteiger partial charge in [0, 0.05) is 38.5 Å². The third-order valence-corrected chi connectivity index (χ3v) is 3.77. The summed E-state index contributed by atoms with van der Waals surface area (Å²) in [4.78, 5) is 21.3. The van der Waals surface area contributed by atoms with Crippen LogP contribution in [0.1, 0.15) is 15.6 Å². The number of carbonyl (C=O) groups excluding carboxylic acids is 1. The fraction of sp³-hybridized carbons (Fsp3) is 0.636. The van der Waals surface area contributed by atoms with Crippen molar-refractivity contribution in [2.24, 2.45) is 0 Å². The van der Waals surface area contributed by atoms with Gasteiger partial charge in [0.1, 0.15) is 0 Å². The average Bonchev–Trinajstić information content (AvgIpc) is 2.57. The molecule has 0 radical (unpaired) electrons. The first-order valence-corrected chi connectivity index (χ1v) is 6.25. The molecule has 5 heteroatoms. The number of carbonyl (C=O) groups is 1. The van der Waals surface area contributed by atoms with E-state index in [-0.39, 0.29) is 5.91 Å². The number of amides is 1. The number of thiazole rings is 1. The standard InChI is InChI=1S/C11H17N3OS/c1-8-12-9-4-5-14(6-10(9)16-8)7-11(15)13(2)3/h4-7H2,1-3H3. The van der Waals surface area contributed by atoms with E-state index in [9.17, 15) is 4.79 Å². The highest BCUT2D eigenvalue weighted by molar-refractivity contribution is 7.11. The van der Waals surface area contributed by atoms with E-state index in [0.717, 1.165) is 24.5 Å². The van der Waals surface area contributed by atoms with Gasteiger partial charge in [0.15, 0.2) is 0 Å². The molecule has 1 aromatic rings. The van der Waals surface area contributed by atoms with Crippen molar-refractivity contribution in [3.63, 3.8) is 0 Å². The maximum absolute atomic E-state index is 11.6. The molecule has 0 aromatic carbocycles. The Labute approximate surface area is 99.9 Å². The molecule has 1 aliphatic rings. The first kappa shape index (κ1) is 11.5. The monoisotopic (exact) mass is 239 g/mol. The van der Waals surface area contributed by atoms with Crippen molar-refractivity contribution in [2.45, 2.75) is 19.9 Å². The van der Waals surface area contributed by atoms with Gasteiger partial charge >= 0.3 is 0 Å². The number of aryl methyl sites for hydroxylation is 1. The summed E-state index contributed by atoms with van der Waals surface area (Å²) in [6.07, 6.45) is 0.973. The lowest BCUT2D eigenvalue weighted by molar-refractivity contribution is -0.130. The highest BCUT2D eigenvalue weighted by atomic mass is 32.1. The summed E-state index contributed by atoms with van der Waals surface area (Å²) in [7, 11) is 3.60. The summed E-state index contributed by atoms with van der Waals surface area (Å²) in [5.41, 5.74) is 1.23. The maximum atomic E-state index is 11.6. The third kappa shape index (κ3) is 2.41. The van der Waals surface area contributed by atoms with Gasteiger partial charge in [0.25, 0.3) is 0 Å². The Morgan fingerprint density at radius 2 is 2.31 bits per heavy atom. The molecule has 2 rings (SSSR count). The van der Waals surface area contributed by atoms with Gasteiger partial charge in [-0.1, -0.05) is 0 Å². The SMILES string of the molecule is Cc1nc2c(s1)CN(CC(=O)N(C)C)CC2. The summed E-state index contributed by atoms with van der Waals surface area (Å²) in [5.74, 6) is 0.171. The summed E-state index contributed by atoms with van der Waals surface area (Å²) < 4.78 is 0. The highest BCUT2D eigenvalue weighted by Gasteiger charge is 2.21. The first-order valence-electron chi connectivity index (χ1n) is 5.44. The summed E-state index contributed by atoms with van der Waals surface area (Å²) in [6.45, 7) is 4.37. The number of aromatic nitrogens is 1. The molecule has 88 valence electrons. The molecule has 0 bridgehead atoms. The van der Waals surface area contributed by atoms with E-state index >= 15 is 0 Å². The fourth-order valence-electron chi connectivity index (χ4n) is 1.85. The Hall–Kier alpha value is -0.940. The molecular weight excluding hydrogens is 222 g/mol. The van der Waals surface area contributed by atoms with Crippen LogP contribution in [-0.4, -0.2) is 47.9 Å². The Bertz CT molecular complexity index is 400. The van der Waals surface area contributed by atoms with Gasteiger partial charge in [0.05, 0.1) is 17.2 Å². The van der Waals surface area contributed by atoms with Crippen LogP contribution in [0.25, 0.3) is 0 Å². The summed E-state index contributed by atoms with van der Waals surface area (Å²) >= 11 is 1.75. The lowest BCUT2D eigenvalue weighted by Crippen LogP contribution is -2.39. The Morgan fingerprint density at radius 3 is 3.00 bits per heavy atom. The van der Waals surface area contributed by atoms with Gasteiger partial charge in [0.2, 0.25) is 5.91 Å². The van der Waals surface area contributed by atoms with Crippen LogP contribution in [0, 0.1) is 6.92 Å². The average molecular weight is 239 g/mol. The minimum absolute atomic E-state index is 0.171. The molecule has 1 aliphatic heterocycles. The minimum Gasteiger partial charge on any atom is -0.348 e. The topological polar surface area (TPSA) is 36.4 Å². The Balaban J connectivity index is 2.00. The van der Waals surface area contributed by atoms with Gasteiger partial charge < -0.3 is 4.90 Å². The molecule has 4 nitrogen and oxygen atoms in total. The highest BCUT2D eigenvalue weighted by Crippen LogP contribution is 2.24. The van der Waals surface area contributed by atoms with Crippen LogP contribution < -0.4 is 0 Å². The predicted octanol–water partition coefficient (Wildman–Crippen LogP) is 0.898. The summed E-state index contributed by atoms with van der Waals surface area (Å²) in [5, 5.41) is 1.13. The number of nitrogens with zero attached hydrogens (tertiary/aromatic N) is 3. The largest absolute Gasteiger partial charge is 0.348 e. The van der Waals surface area contributed by atoms with Crippen molar-refractivity contribution >= 4 is 17.2 Å². The Morgan fingerprint density at radius 1 is 1.56 bits per heavy atom. The minimum atomic E-state index is 0.171. The van der Waals surface area contributed by atoms with Crippen LogP contribution >= 0.6 is 11.3 Å². The van der Waals surface area contributed by atoms with Gasteiger partial charge in [-0.05, 0) is 6.92 Å². The molecule has 1 aromatic heterocycles. The van der Waals surface area contributed by atoms with Crippen molar-refractivity contribution in [3.05, 3.63) is 15.6 Å². The Kier molecular flexibility index (Phi) is 3.25. The summed E-state index contributed by atoms with van der Waals surface area (Å²) in [6, 6.07) is 0. The van der Waals surface area contributed by atoms with Gasteiger partial charge in [-0.2, -0.15) is 0 Å². The molecule has 0 aliphatic carbocycles. The number of rotatable bonds is 2. The van der Waals surface area contributed by atoms with E-state index in [4.69, 9.17) is 0 Å². The van der Waals surface area contributed by atoms with E-state index in [1.54, 1.807) is 30.3 Å². The number of likely N-dealkylation sites (N-methyl/N-ethyl adjacent to an activating group) is 1. The van der Waals surface area contributed by atoms with E-state index in [1.807, 2.05) is 6.92 Å². The van der Waals surface area contributed by atoms with E-state index < -0.39 is 0 Å². The van der Waals surface area contributed by atoms with Gasteiger partial charge in [-0.25, -0.2) is 4.98 Å². The number of hydrogen-bond acceptors (Lipinski definition) is 4. The second-order valence-electron chi connectivity index (χ2n) is 4.35. The smallest absolute Gasteiger partial charge is 0.236 e. The molecule has 1 amide bonds. The fourth-order valence-corrected chi connectivity index (χ4v) is 2.87. The lowest BCUT2D eigenvalue weighted by Gasteiger charge is -2.26. The quantitative estimate of drug-likeness (QED) is 0.769. The molecule has 0 atom stereocenters. The molecule has 0 unspecified atom stereocenters. The van der Waals surface area contributed by atoms with E-state index in [2.05, 4.69) is 9.88 Å². The predicted molar refractivity (Wildman–Crippen MR) is 64.5 cm³/mol. The van der Waals surface area contributed by atoms with Gasteiger partial charge in [-0.15, -0.1) is 11.3 Å². The van der Waals surface area contributed by atoms with Crippen molar-refractivity contribution in [1.82, 2.24) is 14.8 Å². The second-order valence-corrected chi connectivity index (χ2v) is 5.64. The van der Waals surface area contributed by atoms with Gasteiger partial charge in [-0.3, -0.25) is 9.69 Å². The molecular formula is C11H17N3OS. The second kappa shape index (κ2) is 4.51. The van der Waals surface area contributed by atoms with Crippen LogP contribution in [0.5, 0.6) is 0 Å². The lowest BCUT2D eigenvalue weighted by atomic mass is 10.2. The van der Waals surface area contributed by atoms with Crippen LogP contribution in [0.2, 0.25) is 0 Å². The van der Waals surface area contributed by atoms with E-state index in [1.165, 1.54) is 10.6 Å². The van der Waals surface area contributed by atoms with Crippen LogP contribution in [0.3, 0.4) is 0 Å². The van der Waals surface area contributed by atoms with Crippen molar-refractivity contribution < 1.29 is 4.79 Å². The molecule has 0 saturated carbocycles. The molecule has 0 saturated heterocycles. The number of fused-ring (bicyclic) bond motifs is 1. The third-order valence-electron chi connectivity index (χ3n) is 2.77. The molecule has 0 spiro atoms. The van der Waals surface area contributed by atoms with E-state index in [0.29, 0.717) is 6.54 Å². The molecule has 2 heterocycles. The van der Waals surface area contributed by atoms with Crippen LogP contribution in [-0.2, 0) is 17.8 Å². The first-order chi connectivity index (χ1) is 7.56. The molecule has 16 heavy (non-hydrogen) atoms. The van der Waals surface area contributed by atoms with Crippen molar-refractivity contribution in [3.8, 4) is 0 Å². The zero-order chi connectivity index (χ0) is 11.7. The van der Waals surface area contributed by atoms with Crippen LogP contribution in [0.15, 0.2) is 0 Å². The van der Waals surface area contributed by atoms with Crippen molar-refractivity contribution in [2.75, 3.05) is 27.2 Å². The molecule has 0 N–H and O–H groups in total. The number of hydrogen-bond donors (Lipinski definition) is 0. The maximum Gasteiger partial charge on any atom is 0.236 e. The zero-order valence-electron chi connectivity index (χ0n) is 9.99.